The maximum atomic E-state index is 12.4. The van der Waals surface area contributed by atoms with Crippen molar-refractivity contribution in [3.05, 3.63) is 29.8 Å². The Bertz CT molecular complexity index is 591. The van der Waals surface area contributed by atoms with Gasteiger partial charge in [0, 0.05) is 32.1 Å². The van der Waals surface area contributed by atoms with Crippen molar-refractivity contribution >= 4 is 5.91 Å². The molecule has 0 aliphatic carbocycles. The van der Waals surface area contributed by atoms with E-state index in [1.54, 1.807) is 24.1 Å². The summed E-state index contributed by atoms with van der Waals surface area (Å²) >= 11 is 0. The number of carbonyl (C=O) groups is 1. The second kappa shape index (κ2) is 7.23. The Morgan fingerprint density at radius 3 is 2.36 bits per heavy atom. The molecule has 1 aromatic carbocycles. The van der Waals surface area contributed by atoms with Gasteiger partial charge in [0.1, 0.15) is 5.75 Å². The summed E-state index contributed by atoms with van der Waals surface area (Å²) in [5.41, 5.74) is 0.774. The van der Waals surface area contributed by atoms with E-state index in [2.05, 4.69) is 10.1 Å². The largest absolute Gasteiger partial charge is 0.573 e. The van der Waals surface area contributed by atoms with Crippen molar-refractivity contribution in [1.82, 2.24) is 10.2 Å². The molecule has 1 N–H and O–H groups in total. The fraction of sp³-hybridized carbons (Fsp3) is 0.611. The van der Waals surface area contributed by atoms with Gasteiger partial charge in [-0.3, -0.25) is 4.79 Å². The van der Waals surface area contributed by atoms with E-state index >= 15 is 0 Å². The van der Waals surface area contributed by atoms with Gasteiger partial charge in [0.05, 0.1) is 0 Å². The first-order chi connectivity index (χ1) is 11.8. The lowest BCUT2D eigenvalue weighted by Crippen LogP contribution is -2.39. The first-order valence-electron chi connectivity index (χ1n) is 8.63. The Labute approximate surface area is 145 Å². The summed E-state index contributed by atoms with van der Waals surface area (Å²) < 4.78 is 40.3. The van der Waals surface area contributed by atoms with Crippen LogP contribution in [0.1, 0.15) is 37.7 Å². The zero-order valence-electron chi connectivity index (χ0n) is 14.2. The molecule has 4 nitrogen and oxygen atoms in total. The van der Waals surface area contributed by atoms with E-state index in [0.717, 1.165) is 18.4 Å². The molecule has 3 rings (SSSR count). The van der Waals surface area contributed by atoms with Gasteiger partial charge < -0.3 is 15.0 Å². The molecular weight excluding hydrogens is 333 g/mol. The fourth-order valence-corrected chi connectivity index (χ4v) is 3.90. The highest BCUT2D eigenvalue weighted by Gasteiger charge is 2.34. The predicted molar refractivity (Wildman–Crippen MR) is 86.9 cm³/mol. The number of ether oxygens (including phenoxy) is 1. The van der Waals surface area contributed by atoms with Crippen molar-refractivity contribution in [2.75, 3.05) is 7.05 Å². The van der Waals surface area contributed by atoms with Crippen LogP contribution in [0, 0.1) is 5.92 Å². The summed E-state index contributed by atoms with van der Waals surface area (Å²) in [6.07, 6.45) is 0.372. The molecule has 2 fully saturated rings. The number of alkyl halides is 3. The monoisotopic (exact) mass is 356 g/mol. The molecule has 0 radical (unpaired) electrons. The van der Waals surface area contributed by atoms with Crippen molar-refractivity contribution in [2.45, 2.75) is 57.1 Å². The van der Waals surface area contributed by atoms with Gasteiger partial charge >= 0.3 is 6.36 Å². The molecule has 1 amide bonds. The number of carbonyl (C=O) groups excluding carboxylic acids is 1. The number of amides is 1. The van der Waals surface area contributed by atoms with Crippen LogP contribution in [0.25, 0.3) is 0 Å². The maximum Gasteiger partial charge on any atom is 0.573 e. The minimum Gasteiger partial charge on any atom is -0.406 e. The lowest BCUT2D eigenvalue weighted by Gasteiger charge is -2.30. The van der Waals surface area contributed by atoms with Crippen LogP contribution >= 0.6 is 0 Å². The van der Waals surface area contributed by atoms with Crippen LogP contribution in [0.15, 0.2) is 24.3 Å². The van der Waals surface area contributed by atoms with Gasteiger partial charge in [-0.25, -0.2) is 0 Å². The average molecular weight is 356 g/mol. The summed E-state index contributed by atoms with van der Waals surface area (Å²) in [4.78, 5) is 14.1. The summed E-state index contributed by atoms with van der Waals surface area (Å²) in [5.74, 6) is 0.258. The van der Waals surface area contributed by atoms with E-state index in [1.807, 2.05) is 0 Å². The van der Waals surface area contributed by atoms with Crippen LogP contribution in [-0.4, -0.2) is 36.3 Å². The minimum absolute atomic E-state index is 0.0851. The molecule has 7 heteroatoms. The van der Waals surface area contributed by atoms with E-state index < -0.39 is 6.36 Å². The topological polar surface area (TPSA) is 41.6 Å². The molecule has 25 heavy (non-hydrogen) atoms. The van der Waals surface area contributed by atoms with Gasteiger partial charge in [-0.05, 0) is 49.3 Å². The van der Waals surface area contributed by atoms with Crippen LogP contribution in [0.4, 0.5) is 13.2 Å². The second-order valence-corrected chi connectivity index (χ2v) is 7.12. The molecular formula is C18H23F3N2O2. The van der Waals surface area contributed by atoms with E-state index in [9.17, 15) is 18.0 Å². The summed E-state index contributed by atoms with van der Waals surface area (Å²) in [5, 5.41) is 3.57. The first kappa shape index (κ1) is 18.0. The smallest absolute Gasteiger partial charge is 0.406 e. The second-order valence-electron chi connectivity index (χ2n) is 7.12. The van der Waals surface area contributed by atoms with Gasteiger partial charge in [-0.1, -0.05) is 12.1 Å². The van der Waals surface area contributed by atoms with Crippen molar-refractivity contribution in [3.63, 3.8) is 0 Å². The molecule has 2 saturated heterocycles. The number of halogens is 3. The normalized spacial score (nSPS) is 25.7. The number of nitrogens with zero attached hydrogens (tertiary/aromatic N) is 1. The highest BCUT2D eigenvalue weighted by atomic mass is 19.4. The zero-order valence-corrected chi connectivity index (χ0v) is 14.2. The number of rotatable bonds is 5. The third-order valence-corrected chi connectivity index (χ3v) is 5.04. The van der Waals surface area contributed by atoms with Gasteiger partial charge in [0.15, 0.2) is 0 Å². The lowest BCUT2D eigenvalue weighted by molar-refractivity contribution is -0.274. The number of benzene rings is 1. The van der Waals surface area contributed by atoms with Crippen molar-refractivity contribution in [2.24, 2.45) is 5.92 Å². The van der Waals surface area contributed by atoms with Crippen LogP contribution in [0.5, 0.6) is 5.75 Å². The van der Waals surface area contributed by atoms with Gasteiger partial charge in [-0.2, -0.15) is 0 Å². The Balaban J connectivity index is 1.49. The minimum atomic E-state index is -4.69. The Morgan fingerprint density at radius 2 is 1.80 bits per heavy atom. The Hall–Kier alpha value is -1.76. The Morgan fingerprint density at radius 1 is 1.20 bits per heavy atom. The zero-order chi connectivity index (χ0) is 18.0. The predicted octanol–water partition coefficient (Wildman–Crippen LogP) is 3.46. The fourth-order valence-electron chi connectivity index (χ4n) is 3.90. The summed E-state index contributed by atoms with van der Waals surface area (Å²) in [6.45, 7) is 0.378. The highest BCUT2D eigenvalue weighted by molar-refractivity contribution is 5.76. The van der Waals surface area contributed by atoms with Crippen LogP contribution < -0.4 is 10.1 Å². The number of fused-ring (bicyclic) bond motifs is 2. The van der Waals surface area contributed by atoms with Crippen LogP contribution in [0.3, 0.4) is 0 Å². The van der Waals surface area contributed by atoms with Crippen molar-refractivity contribution in [1.29, 1.82) is 0 Å². The molecule has 1 aromatic rings. The SMILES string of the molecule is CN(Cc1ccc(OC(F)(F)F)cc1)C(=O)CC1CC2CCC(C1)N2. The molecule has 2 atom stereocenters. The molecule has 2 unspecified atom stereocenters. The Kier molecular flexibility index (Phi) is 5.22. The molecule has 2 aliphatic rings. The summed E-state index contributed by atoms with van der Waals surface area (Å²) in [7, 11) is 1.73. The quantitative estimate of drug-likeness (QED) is 0.878. The molecule has 2 heterocycles. The molecule has 2 aliphatic heterocycles. The maximum absolute atomic E-state index is 12.4. The number of piperidine rings is 1. The van der Waals surface area contributed by atoms with Crippen LogP contribution in [0.2, 0.25) is 0 Å². The summed E-state index contributed by atoms with van der Waals surface area (Å²) in [6, 6.07) is 6.76. The van der Waals surface area contributed by atoms with Gasteiger partial charge in [-0.15, -0.1) is 13.2 Å². The van der Waals surface area contributed by atoms with Gasteiger partial charge in [0.25, 0.3) is 0 Å². The highest BCUT2D eigenvalue weighted by Crippen LogP contribution is 2.33. The van der Waals surface area contributed by atoms with Crippen molar-refractivity contribution in [3.8, 4) is 5.75 Å². The molecule has 0 spiro atoms. The van der Waals surface area contributed by atoms with Crippen LogP contribution in [-0.2, 0) is 11.3 Å². The van der Waals surface area contributed by atoms with Gasteiger partial charge in [0.2, 0.25) is 5.91 Å². The first-order valence-corrected chi connectivity index (χ1v) is 8.63. The number of hydrogen-bond donors (Lipinski definition) is 1. The number of nitrogens with one attached hydrogen (secondary N) is 1. The standard InChI is InChI=1S/C18H23F3N2O2/c1-23(11-12-2-6-16(7-3-12)25-18(19,20)21)17(24)10-13-8-14-4-5-15(9-13)22-14/h2-3,6-7,13-15,22H,4-5,8-11H2,1H3. The third-order valence-electron chi connectivity index (χ3n) is 5.04. The van der Waals surface area contributed by atoms with Crippen molar-refractivity contribution < 1.29 is 22.7 Å². The average Bonchev–Trinajstić information content (AvgIpc) is 2.86. The third kappa shape index (κ3) is 5.11. The van der Waals surface area contributed by atoms with E-state index in [4.69, 9.17) is 0 Å². The lowest BCUT2D eigenvalue weighted by atomic mass is 9.89. The van der Waals surface area contributed by atoms with E-state index in [1.165, 1.54) is 25.0 Å². The number of hydrogen-bond acceptors (Lipinski definition) is 3. The molecule has 0 aromatic heterocycles. The molecule has 0 saturated carbocycles. The van der Waals surface area contributed by atoms with E-state index in [-0.39, 0.29) is 11.7 Å². The molecule has 138 valence electrons. The van der Waals surface area contributed by atoms with E-state index in [0.29, 0.717) is 31.0 Å². The molecule has 2 bridgehead atoms.